The molecule has 0 saturated carbocycles. The number of fused-ring (bicyclic) bond motifs is 3. The third-order valence-corrected chi connectivity index (χ3v) is 5.12. The zero-order chi connectivity index (χ0) is 14.4. The highest BCUT2D eigenvalue weighted by Crippen LogP contribution is 2.41. The predicted octanol–water partition coefficient (Wildman–Crippen LogP) is 0.158. The van der Waals surface area contributed by atoms with Gasteiger partial charge in [0, 0.05) is 12.1 Å². The fourth-order valence-corrected chi connectivity index (χ4v) is 3.68. The van der Waals surface area contributed by atoms with Gasteiger partial charge in [0.2, 0.25) is 0 Å². The lowest BCUT2D eigenvalue weighted by Gasteiger charge is -2.40. The molecule has 116 valence electrons. The Balaban J connectivity index is 0.00000144. The maximum atomic E-state index is 2.59. The number of piperazine rings is 1. The van der Waals surface area contributed by atoms with E-state index in [-0.39, 0.29) is 24.0 Å². The predicted molar refractivity (Wildman–Crippen MR) is 88.7 cm³/mol. The number of likely N-dealkylation sites (N-methyl/N-ethyl adjacent to an activating group) is 1. The lowest BCUT2D eigenvalue weighted by Crippen LogP contribution is -3.00. The Hall–Kier alpha value is -1.07. The van der Waals surface area contributed by atoms with Gasteiger partial charge in [0.05, 0.1) is 40.3 Å². The van der Waals surface area contributed by atoms with E-state index in [1.54, 1.807) is 0 Å². The molecule has 2 nitrogen and oxygen atoms in total. The van der Waals surface area contributed by atoms with E-state index in [1.807, 2.05) is 0 Å². The minimum absolute atomic E-state index is 0. The molecule has 0 atom stereocenters. The highest BCUT2D eigenvalue weighted by Gasteiger charge is 2.28. The first-order valence-electron chi connectivity index (χ1n) is 7.91. The third-order valence-electron chi connectivity index (χ3n) is 5.12. The van der Waals surface area contributed by atoms with Crippen LogP contribution in [0.15, 0.2) is 42.5 Å². The molecule has 1 aliphatic heterocycles. The molecule has 2 aliphatic rings. The summed E-state index contributed by atoms with van der Waals surface area (Å²) in [5.74, 6) is 0. The second-order valence-corrected chi connectivity index (χ2v) is 7.01. The summed E-state index contributed by atoms with van der Waals surface area (Å²) in [5.41, 5.74) is 7.35. The second kappa shape index (κ2) is 5.85. The van der Waals surface area contributed by atoms with Gasteiger partial charge < -0.3 is 33.4 Å². The van der Waals surface area contributed by atoms with E-state index in [1.165, 1.54) is 54.1 Å². The van der Waals surface area contributed by atoms with Crippen LogP contribution >= 0.6 is 0 Å². The fourth-order valence-electron chi connectivity index (χ4n) is 3.68. The number of quaternary nitrogens is 1. The van der Waals surface area contributed by atoms with Gasteiger partial charge in [-0.05, 0) is 28.3 Å². The smallest absolute Gasteiger partial charge is 0.0961 e. The average Bonchev–Trinajstić information content (AvgIpc) is 2.86. The number of hydrogen-bond acceptors (Lipinski definition) is 1. The first-order valence-corrected chi connectivity index (χ1v) is 7.91. The van der Waals surface area contributed by atoms with E-state index >= 15 is 0 Å². The Morgan fingerprint density at radius 2 is 1.55 bits per heavy atom. The van der Waals surface area contributed by atoms with Crippen LogP contribution in [0.5, 0.6) is 0 Å². The molecular weight excluding hydrogens is 383 g/mol. The van der Waals surface area contributed by atoms with Crippen molar-refractivity contribution in [2.24, 2.45) is 0 Å². The van der Waals surface area contributed by atoms with Crippen molar-refractivity contribution in [1.29, 1.82) is 0 Å². The number of nitrogens with zero attached hydrogens (tertiary/aromatic N) is 2. The molecule has 0 radical (unpaired) electrons. The van der Waals surface area contributed by atoms with Gasteiger partial charge >= 0.3 is 0 Å². The zero-order valence-electron chi connectivity index (χ0n) is 13.3. The van der Waals surface area contributed by atoms with Gasteiger partial charge in [-0.1, -0.05) is 36.4 Å². The van der Waals surface area contributed by atoms with Crippen molar-refractivity contribution in [3.63, 3.8) is 0 Å². The van der Waals surface area contributed by atoms with Crippen LogP contribution in [0.2, 0.25) is 0 Å². The van der Waals surface area contributed by atoms with Gasteiger partial charge in [0.15, 0.2) is 0 Å². The van der Waals surface area contributed by atoms with Crippen LogP contribution in [0.1, 0.15) is 11.1 Å². The molecule has 1 saturated heterocycles. The van der Waals surface area contributed by atoms with E-state index in [0.717, 1.165) is 10.9 Å². The molecule has 0 aromatic heterocycles. The second-order valence-electron chi connectivity index (χ2n) is 7.01. The maximum Gasteiger partial charge on any atom is 0.0961 e. The number of benzene rings is 2. The molecule has 3 heteroatoms. The molecule has 1 heterocycles. The standard InChI is InChI=1S/C19H23N2.HI/c1-21(2)12-10-20(11-13-21)19-9-5-8-17-16-7-4-3-6-15(16)14-18(17)19;/h3-9H,10-14H2,1-2H3;1H/q+1;/p-1. The number of hydrogen-bond donors (Lipinski definition) is 0. The molecule has 4 rings (SSSR count). The van der Waals surface area contributed by atoms with E-state index in [0.29, 0.717) is 0 Å². The summed E-state index contributed by atoms with van der Waals surface area (Å²) in [4.78, 5) is 2.59. The van der Waals surface area contributed by atoms with Crippen LogP contribution in [0, 0.1) is 0 Å². The van der Waals surface area contributed by atoms with Gasteiger partial charge in [-0.15, -0.1) is 0 Å². The van der Waals surface area contributed by atoms with Crippen molar-refractivity contribution in [2.75, 3.05) is 45.2 Å². The van der Waals surface area contributed by atoms with E-state index in [2.05, 4.69) is 61.5 Å². The van der Waals surface area contributed by atoms with Crippen molar-refractivity contribution in [3.8, 4) is 11.1 Å². The lowest BCUT2D eigenvalue weighted by atomic mass is 10.0. The Labute approximate surface area is 150 Å². The molecule has 0 bridgehead atoms. The van der Waals surface area contributed by atoms with Crippen LogP contribution in [-0.4, -0.2) is 44.8 Å². The fraction of sp³-hybridized carbons (Fsp3) is 0.368. The molecule has 1 aliphatic carbocycles. The molecule has 0 unspecified atom stereocenters. The van der Waals surface area contributed by atoms with Crippen molar-refractivity contribution < 1.29 is 28.5 Å². The van der Waals surface area contributed by atoms with Gasteiger partial charge in [0.25, 0.3) is 0 Å². The van der Waals surface area contributed by atoms with Gasteiger partial charge in [-0.3, -0.25) is 0 Å². The monoisotopic (exact) mass is 406 g/mol. The summed E-state index contributed by atoms with van der Waals surface area (Å²) in [6, 6.07) is 15.7. The van der Waals surface area contributed by atoms with Crippen molar-refractivity contribution in [1.82, 2.24) is 0 Å². The molecule has 0 N–H and O–H groups in total. The molecule has 0 amide bonds. The summed E-state index contributed by atoms with van der Waals surface area (Å²) >= 11 is 0. The van der Waals surface area contributed by atoms with Crippen molar-refractivity contribution >= 4 is 5.69 Å². The number of anilines is 1. The van der Waals surface area contributed by atoms with Crippen LogP contribution in [0.4, 0.5) is 5.69 Å². The molecule has 0 spiro atoms. The summed E-state index contributed by atoms with van der Waals surface area (Å²) in [5, 5.41) is 0. The van der Waals surface area contributed by atoms with Crippen LogP contribution in [-0.2, 0) is 6.42 Å². The lowest BCUT2D eigenvalue weighted by molar-refractivity contribution is -0.890. The Bertz CT molecular complexity index is 684. The Kier molecular flexibility index (Phi) is 4.21. The Morgan fingerprint density at radius 3 is 2.32 bits per heavy atom. The largest absolute Gasteiger partial charge is 1.00 e. The molecular formula is C19H23IN2. The SMILES string of the molecule is C[N+]1(C)CCN(c2cccc3c2Cc2ccccc2-3)CC1.[I-]. The van der Waals surface area contributed by atoms with Crippen LogP contribution in [0.3, 0.4) is 0 Å². The highest BCUT2D eigenvalue weighted by atomic mass is 127. The molecule has 2 aromatic carbocycles. The number of halogens is 1. The van der Waals surface area contributed by atoms with E-state index in [4.69, 9.17) is 0 Å². The Morgan fingerprint density at radius 1 is 0.864 bits per heavy atom. The van der Waals surface area contributed by atoms with E-state index in [9.17, 15) is 0 Å². The minimum atomic E-state index is 0. The first-order chi connectivity index (χ1) is 10.1. The van der Waals surface area contributed by atoms with Gasteiger partial charge in [0.1, 0.15) is 0 Å². The molecule has 22 heavy (non-hydrogen) atoms. The van der Waals surface area contributed by atoms with Crippen LogP contribution < -0.4 is 28.9 Å². The summed E-state index contributed by atoms with van der Waals surface area (Å²) in [7, 11) is 4.67. The summed E-state index contributed by atoms with van der Waals surface area (Å²) < 4.78 is 1.14. The number of rotatable bonds is 1. The maximum absolute atomic E-state index is 2.59. The summed E-state index contributed by atoms with van der Waals surface area (Å²) in [6.07, 6.45) is 1.09. The topological polar surface area (TPSA) is 3.24 Å². The molecule has 2 aromatic rings. The van der Waals surface area contributed by atoms with Crippen molar-refractivity contribution in [2.45, 2.75) is 6.42 Å². The van der Waals surface area contributed by atoms with E-state index < -0.39 is 0 Å². The molecule has 1 fully saturated rings. The summed E-state index contributed by atoms with van der Waals surface area (Å²) in [6.45, 7) is 4.80. The average molecular weight is 406 g/mol. The van der Waals surface area contributed by atoms with Crippen molar-refractivity contribution in [3.05, 3.63) is 53.6 Å². The first kappa shape index (κ1) is 15.8. The minimum Gasteiger partial charge on any atom is -1.00 e. The van der Waals surface area contributed by atoms with Crippen LogP contribution in [0.25, 0.3) is 11.1 Å². The van der Waals surface area contributed by atoms with Gasteiger partial charge in [-0.2, -0.15) is 0 Å². The third kappa shape index (κ3) is 2.65. The zero-order valence-corrected chi connectivity index (χ0v) is 15.5. The normalized spacial score (nSPS) is 18.4. The highest BCUT2D eigenvalue weighted by molar-refractivity contribution is 5.82. The quantitative estimate of drug-likeness (QED) is 0.411. The van der Waals surface area contributed by atoms with Gasteiger partial charge in [-0.25, -0.2) is 0 Å².